The first-order valence-electron chi connectivity index (χ1n) is 5.52. The van der Waals surface area contributed by atoms with Gasteiger partial charge in [-0.1, -0.05) is 34.1 Å². The van der Waals surface area contributed by atoms with Crippen molar-refractivity contribution in [3.63, 3.8) is 0 Å². The van der Waals surface area contributed by atoms with Gasteiger partial charge < -0.3 is 4.57 Å². The van der Waals surface area contributed by atoms with Crippen molar-refractivity contribution in [1.29, 1.82) is 0 Å². The van der Waals surface area contributed by atoms with Gasteiger partial charge in [-0.15, -0.1) is 0 Å². The molecule has 0 aliphatic carbocycles. The van der Waals surface area contributed by atoms with Gasteiger partial charge in [0.05, 0.1) is 6.54 Å². The van der Waals surface area contributed by atoms with Gasteiger partial charge in [-0.2, -0.15) is 0 Å². The first kappa shape index (κ1) is 12.8. The summed E-state index contributed by atoms with van der Waals surface area (Å²) >= 11 is 3.32. The van der Waals surface area contributed by atoms with Gasteiger partial charge in [0.25, 0.3) is 5.56 Å². The molecule has 0 atom stereocenters. The zero-order valence-corrected chi connectivity index (χ0v) is 11.5. The average molecular weight is 306 g/mol. The number of Topliss-reactive ketones (excluding diaryl/α,β-unsaturated/α-hetero) is 1. The topological polar surface area (TPSA) is 39.1 Å². The zero-order valence-electron chi connectivity index (χ0n) is 9.89. The number of rotatable bonds is 3. The molecule has 0 spiro atoms. The van der Waals surface area contributed by atoms with Gasteiger partial charge in [-0.3, -0.25) is 9.59 Å². The fourth-order valence-corrected chi connectivity index (χ4v) is 1.92. The molecule has 3 nitrogen and oxygen atoms in total. The van der Waals surface area contributed by atoms with Crippen LogP contribution in [-0.4, -0.2) is 10.4 Å². The van der Waals surface area contributed by atoms with Gasteiger partial charge >= 0.3 is 0 Å². The minimum Gasteiger partial charge on any atom is -0.307 e. The molecule has 4 heteroatoms. The van der Waals surface area contributed by atoms with Crippen molar-refractivity contribution in [3.8, 4) is 0 Å². The second-order valence-electron chi connectivity index (χ2n) is 4.10. The lowest BCUT2D eigenvalue weighted by Gasteiger charge is -2.06. The Morgan fingerprint density at radius 1 is 1.17 bits per heavy atom. The molecule has 0 aliphatic rings. The van der Waals surface area contributed by atoms with Gasteiger partial charge in [0.2, 0.25) is 0 Å². The number of aromatic nitrogens is 1. The van der Waals surface area contributed by atoms with Crippen molar-refractivity contribution in [1.82, 2.24) is 4.57 Å². The maximum absolute atomic E-state index is 12.0. The normalized spacial score (nSPS) is 10.3. The molecular weight excluding hydrogens is 294 g/mol. The summed E-state index contributed by atoms with van der Waals surface area (Å²) in [6.07, 6.45) is 1.69. The molecule has 18 heavy (non-hydrogen) atoms. The van der Waals surface area contributed by atoms with E-state index in [0.717, 1.165) is 10.0 Å². The highest BCUT2D eigenvalue weighted by Crippen LogP contribution is 2.11. The van der Waals surface area contributed by atoms with Gasteiger partial charge in [0, 0.05) is 22.3 Å². The van der Waals surface area contributed by atoms with E-state index in [1.54, 1.807) is 24.4 Å². The number of carbonyl (C=O) groups excluding carboxylic acids is 1. The number of hydrogen-bond donors (Lipinski definition) is 0. The van der Waals surface area contributed by atoms with E-state index in [2.05, 4.69) is 15.9 Å². The maximum atomic E-state index is 12.0. The molecule has 2 aromatic rings. The van der Waals surface area contributed by atoms with Gasteiger partial charge in [0.1, 0.15) is 0 Å². The van der Waals surface area contributed by atoms with Crippen LogP contribution in [0.2, 0.25) is 0 Å². The SMILES string of the molecule is Cc1ccc(=O)n(CC(=O)c2ccc(Br)cc2)c1. The second-order valence-corrected chi connectivity index (χ2v) is 5.02. The van der Waals surface area contributed by atoms with Crippen molar-refractivity contribution in [3.05, 3.63) is 68.5 Å². The molecular formula is C14H12BrNO2. The molecule has 92 valence electrons. The summed E-state index contributed by atoms with van der Waals surface area (Å²) in [7, 11) is 0. The fourth-order valence-electron chi connectivity index (χ4n) is 1.66. The third kappa shape index (κ3) is 2.96. The first-order chi connectivity index (χ1) is 8.56. The predicted molar refractivity (Wildman–Crippen MR) is 73.9 cm³/mol. The number of benzene rings is 1. The molecule has 0 bridgehead atoms. The van der Waals surface area contributed by atoms with E-state index in [0.29, 0.717) is 5.56 Å². The molecule has 0 aliphatic heterocycles. The molecule has 1 heterocycles. The van der Waals surface area contributed by atoms with E-state index in [1.165, 1.54) is 10.6 Å². The molecule has 0 radical (unpaired) electrons. The van der Waals surface area contributed by atoms with Crippen LogP contribution in [-0.2, 0) is 6.54 Å². The third-order valence-corrected chi connectivity index (χ3v) is 3.14. The predicted octanol–water partition coefficient (Wildman–Crippen LogP) is 2.80. The standard InChI is InChI=1S/C14H12BrNO2/c1-10-2-7-14(18)16(8-10)9-13(17)11-3-5-12(15)6-4-11/h2-8H,9H2,1H3. The number of carbonyl (C=O) groups is 1. The Morgan fingerprint density at radius 2 is 1.83 bits per heavy atom. The Bertz CT molecular complexity index is 629. The van der Waals surface area contributed by atoms with E-state index in [4.69, 9.17) is 0 Å². The van der Waals surface area contributed by atoms with Crippen molar-refractivity contribution in [2.24, 2.45) is 0 Å². The van der Waals surface area contributed by atoms with E-state index in [-0.39, 0.29) is 17.9 Å². The highest BCUT2D eigenvalue weighted by molar-refractivity contribution is 9.10. The Morgan fingerprint density at radius 3 is 2.50 bits per heavy atom. The van der Waals surface area contributed by atoms with Crippen LogP contribution in [0.15, 0.2) is 51.9 Å². The lowest BCUT2D eigenvalue weighted by atomic mass is 10.1. The van der Waals surface area contributed by atoms with E-state index < -0.39 is 0 Å². The van der Waals surface area contributed by atoms with E-state index >= 15 is 0 Å². The Labute approximate surface area is 113 Å². The summed E-state index contributed by atoms with van der Waals surface area (Å²) in [5, 5.41) is 0. The number of nitrogens with zero attached hydrogens (tertiary/aromatic N) is 1. The third-order valence-electron chi connectivity index (χ3n) is 2.61. The van der Waals surface area contributed by atoms with Crippen LogP contribution in [0.1, 0.15) is 15.9 Å². The van der Waals surface area contributed by atoms with Crippen LogP contribution in [0.4, 0.5) is 0 Å². The van der Waals surface area contributed by atoms with Crippen LogP contribution >= 0.6 is 15.9 Å². The number of aryl methyl sites for hydroxylation is 1. The molecule has 2 rings (SSSR count). The van der Waals surface area contributed by atoms with Crippen LogP contribution < -0.4 is 5.56 Å². The lowest BCUT2D eigenvalue weighted by molar-refractivity contribution is 0.0971. The molecule has 0 saturated carbocycles. The lowest BCUT2D eigenvalue weighted by Crippen LogP contribution is -2.23. The summed E-state index contributed by atoms with van der Waals surface area (Å²) in [4.78, 5) is 23.6. The smallest absolute Gasteiger partial charge is 0.250 e. The Balaban J connectivity index is 2.24. The number of pyridine rings is 1. The first-order valence-corrected chi connectivity index (χ1v) is 6.31. The molecule has 0 saturated heterocycles. The van der Waals surface area contributed by atoms with Crippen molar-refractivity contribution < 1.29 is 4.79 Å². The molecule has 0 N–H and O–H groups in total. The minimum absolute atomic E-state index is 0.0716. The summed E-state index contributed by atoms with van der Waals surface area (Å²) in [6.45, 7) is 1.96. The van der Waals surface area contributed by atoms with Crippen LogP contribution in [0, 0.1) is 6.92 Å². The maximum Gasteiger partial charge on any atom is 0.250 e. The molecule has 0 fully saturated rings. The van der Waals surface area contributed by atoms with Crippen molar-refractivity contribution >= 4 is 21.7 Å². The fraction of sp³-hybridized carbons (Fsp3) is 0.143. The Hall–Kier alpha value is -1.68. The van der Waals surface area contributed by atoms with Crippen LogP contribution in [0.25, 0.3) is 0 Å². The highest BCUT2D eigenvalue weighted by Gasteiger charge is 2.07. The van der Waals surface area contributed by atoms with Crippen LogP contribution in [0.5, 0.6) is 0 Å². The summed E-state index contributed by atoms with van der Waals surface area (Å²) in [6, 6.07) is 10.3. The van der Waals surface area contributed by atoms with Crippen molar-refractivity contribution in [2.75, 3.05) is 0 Å². The molecule has 0 unspecified atom stereocenters. The average Bonchev–Trinajstić information content (AvgIpc) is 2.34. The van der Waals surface area contributed by atoms with Gasteiger partial charge in [-0.25, -0.2) is 0 Å². The van der Waals surface area contributed by atoms with Gasteiger partial charge in [0.15, 0.2) is 5.78 Å². The summed E-state index contributed by atoms with van der Waals surface area (Å²) in [5.74, 6) is -0.0739. The summed E-state index contributed by atoms with van der Waals surface area (Å²) in [5.41, 5.74) is 1.40. The monoisotopic (exact) mass is 305 g/mol. The minimum atomic E-state index is -0.161. The number of halogens is 1. The van der Waals surface area contributed by atoms with E-state index in [9.17, 15) is 9.59 Å². The molecule has 1 aromatic heterocycles. The zero-order chi connectivity index (χ0) is 13.1. The number of ketones is 1. The number of hydrogen-bond acceptors (Lipinski definition) is 2. The Kier molecular flexibility index (Phi) is 3.77. The second kappa shape index (κ2) is 5.31. The summed E-state index contributed by atoms with van der Waals surface area (Å²) < 4.78 is 2.35. The largest absolute Gasteiger partial charge is 0.307 e. The molecule has 1 aromatic carbocycles. The van der Waals surface area contributed by atoms with Crippen LogP contribution in [0.3, 0.4) is 0 Å². The molecule has 0 amide bonds. The highest BCUT2D eigenvalue weighted by atomic mass is 79.9. The van der Waals surface area contributed by atoms with Crippen molar-refractivity contribution in [2.45, 2.75) is 13.5 Å². The quantitative estimate of drug-likeness (QED) is 0.818. The van der Waals surface area contributed by atoms with E-state index in [1.807, 2.05) is 19.1 Å². The van der Waals surface area contributed by atoms with Gasteiger partial charge in [-0.05, 0) is 24.6 Å².